The summed E-state index contributed by atoms with van der Waals surface area (Å²) in [5, 5.41) is 0.333. The molecule has 0 fully saturated rings. The number of nitrogens with one attached hydrogen (secondary N) is 1. The third-order valence-electron chi connectivity index (χ3n) is 4.34. The van der Waals surface area contributed by atoms with E-state index in [1.165, 1.54) is 11.9 Å². The molecule has 3 N–H and O–H groups in total. The minimum absolute atomic E-state index is 0.104. The molecule has 0 saturated heterocycles. The van der Waals surface area contributed by atoms with E-state index < -0.39 is 10.0 Å². The van der Waals surface area contributed by atoms with E-state index >= 15 is 0 Å². The minimum atomic E-state index is -3.61. The molecule has 2 aromatic heterocycles. The number of anilines is 2. The Morgan fingerprint density at radius 3 is 2.55 bits per heavy atom. The number of likely N-dealkylation sites (N-methyl/N-ethyl adjacent to an activating group) is 1. The number of hydrogen-bond acceptors (Lipinski definition) is 7. The van der Waals surface area contributed by atoms with E-state index in [4.69, 9.17) is 5.73 Å². The standard InChI is InChI=1S/C19H21N5O3S2/c1-12-18(29(26,27)21-2)28-19(23-12)24(3)16(25)11-13-6-8-14(9-7-13)17-15(20)5-4-10-22-17/h4-10,21H,11,20H2,1-3H3. The molecule has 0 spiro atoms. The summed E-state index contributed by atoms with van der Waals surface area (Å²) in [6, 6.07) is 11.0. The van der Waals surface area contributed by atoms with E-state index in [0.29, 0.717) is 22.2 Å². The third kappa shape index (κ3) is 4.44. The number of nitrogens with zero attached hydrogens (tertiary/aromatic N) is 3. The fourth-order valence-corrected chi connectivity index (χ4v) is 5.01. The van der Waals surface area contributed by atoms with Crippen molar-refractivity contribution in [1.29, 1.82) is 0 Å². The molecular formula is C19H21N5O3S2. The van der Waals surface area contributed by atoms with Gasteiger partial charge < -0.3 is 5.73 Å². The molecule has 0 aliphatic carbocycles. The van der Waals surface area contributed by atoms with Gasteiger partial charge in [-0.05, 0) is 31.7 Å². The van der Waals surface area contributed by atoms with Gasteiger partial charge in [0, 0.05) is 18.8 Å². The van der Waals surface area contributed by atoms with Gasteiger partial charge in [0.2, 0.25) is 5.91 Å². The number of sulfonamides is 1. The van der Waals surface area contributed by atoms with Gasteiger partial charge in [0.05, 0.1) is 23.5 Å². The first-order valence-corrected chi connectivity index (χ1v) is 11.0. The number of thiazole rings is 1. The van der Waals surface area contributed by atoms with Crippen molar-refractivity contribution in [1.82, 2.24) is 14.7 Å². The van der Waals surface area contributed by atoms with Crippen molar-refractivity contribution in [3.05, 3.63) is 53.9 Å². The maximum atomic E-state index is 12.7. The zero-order chi connectivity index (χ0) is 21.2. The molecule has 1 aromatic carbocycles. The Balaban J connectivity index is 1.75. The van der Waals surface area contributed by atoms with Crippen LogP contribution in [-0.4, -0.2) is 38.4 Å². The molecule has 3 rings (SSSR count). The minimum Gasteiger partial charge on any atom is -0.397 e. The van der Waals surface area contributed by atoms with E-state index in [2.05, 4.69) is 14.7 Å². The predicted octanol–water partition coefficient (Wildman–Crippen LogP) is 2.21. The molecule has 0 aliphatic rings. The zero-order valence-corrected chi connectivity index (χ0v) is 17.8. The fourth-order valence-electron chi connectivity index (χ4n) is 2.69. The van der Waals surface area contributed by atoms with E-state index in [9.17, 15) is 13.2 Å². The summed E-state index contributed by atoms with van der Waals surface area (Å²) in [4.78, 5) is 22.5. The van der Waals surface area contributed by atoms with Crippen LogP contribution in [0.15, 0.2) is 46.8 Å². The number of nitrogen functional groups attached to an aromatic ring is 1. The second-order valence-corrected chi connectivity index (χ2v) is 9.40. The lowest BCUT2D eigenvalue weighted by Gasteiger charge is -2.14. The molecule has 0 unspecified atom stereocenters. The van der Waals surface area contributed by atoms with Crippen LogP contribution >= 0.6 is 11.3 Å². The van der Waals surface area contributed by atoms with Crippen molar-refractivity contribution in [3.63, 3.8) is 0 Å². The Labute approximate surface area is 173 Å². The van der Waals surface area contributed by atoms with Crippen molar-refractivity contribution < 1.29 is 13.2 Å². The molecule has 2 heterocycles. The summed E-state index contributed by atoms with van der Waals surface area (Å²) in [6.45, 7) is 1.60. The molecule has 0 radical (unpaired) electrons. The lowest BCUT2D eigenvalue weighted by atomic mass is 10.1. The van der Waals surface area contributed by atoms with Crippen LogP contribution < -0.4 is 15.4 Å². The van der Waals surface area contributed by atoms with Crippen LogP contribution in [0.25, 0.3) is 11.3 Å². The Hall–Kier alpha value is -2.82. The van der Waals surface area contributed by atoms with Crippen LogP contribution in [0, 0.1) is 6.92 Å². The number of amides is 1. The molecule has 0 saturated carbocycles. The molecule has 152 valence electrons. The van der Waals surface area contributed by atoms with Crippen molar-refractivity contribution in [2.24, 2.45) is 0 Å². The van der Waals surface area contributed by atoms with Crippen LogP contribution in [0.3, 0.4) is 0 Å². The van der Waals surface area contributed by atoms with Crippen molar-refractivity contribution in [2.75, 3.05) is 24.7 Å². The largest absolute Gasteiger partial charge is 0.397 e. The number of nitrogens with two attached hydrogens (primary N) is 1. The third-order valence-corrected chi connectivity index (χ3v) is 7.60. The van der Waals surface area contributed by atoms with Crippen LogP contribution in [-0.2, 0) is 21.2 Å². The fraction of sp³-hybridized carbons (Fsp3) is 0.211. The summed E-state index contributed by atoms with van der Waals surface area (Å²) in [7, 11) is -0.688. The first kappa shape index (κ1) is 20.9. The lowest BCUT2D eigenvalue weighted by Crippen LogP contribution is -2.27. The van der Waals surface area contributed by atoms with Crippen LogP contribution in [0.4, 0.5) is 10.8 Å². The molecule has 0 atom stereocenters. The second kappa shape index (κ2) is 8.27. The molecule has 0 bridgehead atoms. The highest BCUT2D eigenvalue weighted by molar-refractivity contribution is 7.91. The average molecular weight is 432 g/mol. The van der Waals surface area contributed by atoms with Crippen molar-refractivity contribution in [3.8, 4) is 11.3 Å². The van der Waals surface area contributed by atoms with Gasteiger partial charge in [0.15, 0.2) is 9.34 Å². The number of rotatable bonds is 6. The average Bonchev–Trinajstić information content (AvgIpc) is 3.11. The number of benzene rings is 1. The summed E-state index contributed by atoms with van der Waals surface area (Å²) in [5.74, 6) is -0.197. The van der Waals surface area contributed by atoms with Gasteiger partial charge in [-0.3, -0.25) is 14.7 Å². The van der Waals surface area contributed by atoms with Gasteiger partial charge in [0.25, 0.3) is 10.0 Å². The van der Waals surface area contributed by atoms with E-state index in [1.807, 2.05) is 24.3 Å². The second-order valence-electron chi connectivity index (χ2n) is 6.34. The number of pyridine rings is 1. The normalized spacial score (nSPS) is 11.4. The van der Waals surface area contributed by atoms with Gasteiger partial charge in [-0.15, -0.1) is 0 Å². The SMILES string of the molecule is CNS(=O)(=O)c1sc(N(C)C(=O)Cc2ccc(-c3ncccc3N)cc2)nc1C. The Morgan fingerprint density at radius 2 is 1.93 bits per heavy atom. The Morgan fingerprint density at radius 1 is 1.24 bits per heavy atom. The van der Waals surface area contributed by atoms with E-state index in [1.54, 1.807) is 32.3 Å². The topological polar surface area (TPSA) is 118 Å². The molecule has 8 nitrogen and oxygen atoms in total. The Kier molecular flexibility index (Phi) is 5.96. The monoisotopic (exact) mass is 431 g/mol. The number of hydrogen-bond donors (Lipinski definition) is 2. The first-order chi connectivity index (χ1) is 13.7. The molecule has 29 heavy (non-hydrogen) atoms. The number of aryl methyl sites for hydroxylation is 1. The lowest BCUT2D eigenvalue weighted by molar-refractivity contribution is -0.117. The highest BCUT2D eigenvalue weighted by atomic mass is 32.2. The van der Waals surface area contributed by atoms with Gasteiger partial charge in [-0.2, -0.15) is 0 Å². The quantitative estimate of drug-likeness (QED) is 0.618. The van der Waals surface area contributed by atoms with Crippen LogP contribution in [0.2, 0.25) is 0 Å². The predicted molar refractivity (Wildman–Crippen MR) is 114 cm³/mol. The van der Waals surface area contributed by atoms with Gasteiger partial charge in [-0.1, -0.05) is 35.6 Å². The van der Waals surface area contributed by atoms with E-state index in [-0.39, 0.29) is 16.5 Å². The highest BCUT2D eigenvalue weighted by Crippen LogP contribution is 2.29. The molecule has 1 amide bonds. The zero-order valence-electron chi connectivity index (χ0n) is 16.2. The number of aromatic nitrogens is 2. The van der Waals surface area contributed by atoms with Gasteiger partial charge in [-0.25, -0.2) is 18.1 Å². The smallest absolute Gasteiger partial charge is 0.251 e. The van der Waals surface area contributed by atoms with Gasteiger partial charge in [0.1, 0.15) is 0 Å². The highest BCUT2D eigenvalue weighted by Gasteiger charge is 2.23. The summed E-state index contributed by atoms with van der Waals surface area (Å²) < 4.78 is 26.4. The molecule has 0 aliphatic heterocycles. The van der Waals surface area contributed by atoms with Gasteiger partial charge >= 0.3 is 0 Å². The van der Waals surface area contributed by atoms with Crippen LogP contribution in [0.5, 0.6) is 0 Å². The van der Waals surface area contributed by atoms with Crippen molar-refractivity contribution >= 4 is 38.1 Å². The maximum Gasteiger partial charge on any atom is 0.251 e. The summed E-state index contributed by atoms with van der Waals surface area (Å²) >= 11 is 0.961. The van der Waals surface area contributed by atoms with Crippen molar-refractivity contribution in [2.45, 2.75) is 17.6 Å². The number of carbonyl (C=O) groups excluding carboxylic acids is 1. The molecular weight excluding hydrogens is 410 g/mol. The molecule has 3 aromatic rings. The first-order valence-electron chi connectivity index (χ1n) is 8.70. The summed E-state index contributed by atoms with van der Waals surface area (Å²) in [6.07, 6.45) is 1.83. The number of carbonyl (C=O) groups is 1. The molecule has 10 heteroatoms. The maximum absolute atomic E-state index is 12.7. The summed E-state index contributed by atoms with van der Waals surface area (Å²) in [5.41, 5.74) is 9.27. The van der Waals surface area contributed by atoms with E-state index in [0.717, 1.165) is 22.5 Å². The van der Waals surface area contributed by atoms with Crippen LogP contribution in [0.1, 0.15) is 11.3 Å². The Bertz CT molecular complexity index is 1140.